The molecule has 0 fully saturated rings. The topological polar surface area (TPSA) is 68.0 Å². The molecule has 0 aliphatic heterocycles. The van der Waals surface area contributed by atoms with Crippen molar-refractivity contribution in [2.24, 2.45) is 5.73 Å². The van der Waals surface area contributed by atoms with E-state index in [4.69, 9.17) is 5.73 Å². The molecule has 58 valence electrons. The van der Waals surface area contributed by atoms with E-state index < -0.39 is 11.8 Å². The quantitative estimate of drug-likeness (QED) is 0.627. The highest BCUT2D eigenvalue weighted by Gasteiger charge is 2.01. The van der Waals surface area contributed by atoms with E-state index in [1.165, 1.54) is 12.4 Å². The maximum absolute atomic E-state index is 12.6. The van der Waals surface area contributed by atoms with E-state index in [9.17, 15) is 9.18 Å². The fraction of sp³-hybridized carbons (Fsp3) is 0. The van der Waals surface area contributed by atoms with Crippen molar-refractivity contribution in [3.05, 3.63) is 24.3 Å². The number of halogens is 1. The van der Waals surface area contributed by atoms with Crippen LogP contribution in [0.25, 0.3) is 0 Å². The van der Waals surface area contributed by atoms with Crippen LogP contribution in [0.3, 0.4) is 0 Å². The summed E-state index contributed by atoms with van der Waals surface area (Å²) < 4.78 is 12.6. The van der Waals surface area contributed by atoms with Crippen molar-refractivity contribution in [1.29, 1.82) is 0 Å². The number of nitrogens with zero attached hydrogens (tertiary/aromatic N) is 1. The zero-order valence-corrected chi connectivity index (χ0v) is 5.54. The summed E-state index contributed by atoms with van der Waals surface area (Å²) >= 11 is 0. The highest BCUT2D eigenvalue weighted by molar-refractivity contribution is 5.87. The number of carbonyl (C=O) groups is 1. The standard InChI is InChI=1S/C6H6FN3O/c7-4-1-2-9-3-5(4)10-6(8)11/h1-3H,(H3,8,10,11). The summed E-state index contributed by atoms with van der Waals surface area (Å²) in [5, 5.41) is 2.07. The molecule has 11 heavy (non-hydrogen) atoms. The Kier molecular flexibility index (Phi) is 2.00. The Bertz CT molecular complexity index is 276. The van der Waals surface area contributed by atoms with E-state index >= 15 is 0 Å². The molecular formula is C6H6FN3O. The fourth-order valence-electron chi connectivity index (χ4n) is 0.602. The van der Waals surface area contributed by atoms with Gasteiger partial charge in [-0.3, -0.25) is 4.98 Å². The highest BCUT2D eigenvalue weighted by atomic mass is 19.1. The minimum absolute atomic E-state index is 0.0139. The van der Waals surface area contributed by atoms with Crippen LogP contribution in [-0.4, -0.2) is 11.0 Å². The number of hydrogen-bond donors (Lipinski definition) is 2. The number of nitrogens with one attached hydrogen (secondary N) is 1. The Morgan fingerprint density at radius 3 is 3.00 bits per heavy atom. The molecule has 1 aromatic heterocycles. The number of hydrogen-bond acceptors (Lipinski definition) is 2. The van der Waals surface area contributed by atoms with Crippen LogP contribution in [-0.2, 0) is 0 Å². The summed E-state index contributed by atoms with van der Waals surface area (Å²) in [4.78, 5) is 13.8. The van der Waals surface area contributed by atoms with Gasteiger partial charge < -0.3 is 11.1 Å². The zero-order valence-electron chi connectivity index (χ0n) is 5.54. The van der Waals surface area contributed by atoms with Crippen LogP contribution in [0.1, 0.15) is 0 Å². The smallest absolute Gasteiger partial charge is 0.316 e. The minimum Gasteiger partial charge on any atom is -0.351 e. The molecule has 0 bridgehead atoms. The molecule has 0 atom stereocenters. The van der Waals surface area contributed by atoms with Crippen molar-refractivity contribution in [2.75, 3.05) is 5.32 Å². The number of nitrogens with two attached hydrogens (primary N) is 1. The van der Waals surface area contributed by atoms with Crippen LogP contribution in [0.2, 0.25) is 0 Å². The van der Waals surface area contributed by atoms with E-state index in [2.05, 4.69) is 10.3 Å². The second-order valence-corrected chi connectivity index (χ2v) is 1.84. The third kappa shape index (κ3) is 1.89. The summed E-state index contributed by atoms with van der Waals surface area (Å²) in [6.07, 6.45) is 2.46. The Balaban J connectivity index is 2.86. The first-order valence-corrected chi connectivity index (χ1v) is 2.86. The number of carbonyl (C=O) groups excluding carboxylic acids is 1. The lowest BCUT2D eigenvalue weighted by molar-refractivity contribution is 0.259. The number of pyridine rings is 1. The molecule has 0 aliphatic carbocycles. The van der Waals surface area contributed by atoms with Gasteiger partial charge in [0.05, 0.1) is 11.9 Å². The second-order valence-electron chi connectivity index (χ2n) is 1.84. The van der Waals surface area contributed by atoms with Gasteiger partial charge in [0, 0.05) is 6.20 Å². The van der Waals surface area contributed by atoms with Crippen LogP contribution in [0.5, 0.6) is 0 Å². The predicted octanol–water partition coefficient (Wildman–Crippen LogP) is 0.711. The Morgan fingerprint density at radius 2 is 2.45 bits per heavy atom. The summed E-state index contributed by atoms with van der Waals surface area (Å²) in [6.45, 7) is 0. The predicted molar refractivity (Wildman–Crippen MR) is 37.4 cm³/mol. The Hall–Kier alpha value is -1.65. The average Bonchev–Trinajstić information content (AvgIpc) is 1.93. The maximum atomic E-state index is 12.6. The summed E-state index contributed by atoms with van der Waals surface area (Å²) in [5.41, 5.74) is 4.73. The molecule has 1 aromatic rings. The third-order valence-electron chi connectivity index (χ3n) is 1.03. The lowest BCUT2D eigenvalue weighted by atomic mass is 10.4. The molecule has 0 radical (unpaired) electrons. The second kappa shape index (κ2) is 2.96. The van der Waals surface area contributed by atoms with Crippen molar-refractivity contribution < 1.29 is 9.18 Å². The van der Waals surface area contributed by atoms with Gasteiger partial charge in [0.25, 0.3) is 0 Å². The number of anilines is 1. The van der Waals surface area contributed by atoms with Crippen molar-refractivity contribution in [2.45, 2.75) is 0 Å². The van der Waals surface area contributed by atoms with Gasteiger partial charge in [-0.2, -0.15) is 0 Å². The van der Waals surface area contributed by atoms with Crippen LogP contribution in [0, 0.1) is 5.82 Å². The fourth-order valence-corrected chi connectivity index (χ4v) is 0.602. The SMILES string of the molecule is NC(=O)Nc1cnccc1F. The molecule has 1 heterocycles. The van der Waals surface area contributed by atoms with Gasteiger partial charge in [-0.15, -0.1) is 0 Å². The van der Waals surface area contributed by atoms with E-state index in [1.54, 1.807) is 0 Å². The highest BCUT2D eigenvalue weighted by Crippen LogP contribution is 2.09. The molecule has 3 N–H and O–H groups in total. The van der Waals surface area contributed by atoms with Gasteiger partial charge in [0.2, 0.25) is 0 Å². The van der Waals surface area contributed by atoms with Crippen LogP contribution in [0.4, 0.5) is 14.9 Å². The van der Waals surface area contributed by atoms with Gasteiger partial charge in [0.15, 0.2) is 0 Å². The first-order valence-electron chi connectivity index (χ1n) is 2.86. The molecule has 4 nitrogen and oxygen atoms in total. The van der Waals surface area contributed by atoms with E-state index in [1.807, 2.05) is 0 Å². The summed E-state index contributed by atoms with van der Waals surface area (Å²) in [7, 11) is 0. The van der Waals surface area contributed by atoms with Crippen molar-refractivity contribution >= 4 is 11.7 Å². The van der Waals surface area contributed by atoms with Gasteiger partial charge in [-0.05, 0) is 6.07 Å². The van der Waals surface area contributed by atoms with E-state index in [0.717, 1.165) is 6.07 Å². The van der Waals surface area contributed by atoms with E-state index in [-0.39, 0.29) is 5.69 Å². The molecule has 2 amide bonds. The van der Waals surface area contributed by atoms with Crippen LogP contribution < -0.4 is 11.1 Å². The number of aromatic nitrogens is 1. The first-order chi connectivity index (χ1) is 5.20. The van der Waals surface area contributed by atoms with Crippen LogP contribution in [0.15, 0.2) is 18.5 Å². The van der Waals surface area contributed by atoms with Crippen molar-refractivity contribution in [1.82, 2.24) is 4.98 Å². The third-order valence-corrected chi connectivity index (χ3v) is 1.03. The summed E-state index contributed by atoms with van der Waals surface area (Å²) in [5.74, 6) is -0.557. The largest absolute Gasteiger partial charge is 0.351 e. The van der Waals surface area contributed by atoms with Gasteiger partial charge >= 0.3 is 6.03 Å². The first kappa shape index (κ1) is 7.46. The van der Waals surface area contributed by atoms with Crippen molar-refractivity contribution in [3.63, 3.8) is 0 Å². The number of amides is 2. The molecule has 0 spiro atoms. The molecule has 0 unspecified atom stereocenters. The number of rotatable bonds is 1. The summed E-state index contributed by atoms with van der Waals surface area (Å²) in [6, 6.07) is 0.322. The number of primary amides is 1. The van der Waals surface area contributed by atoms with Gasteiger partial charge in [0.1, 0.15) is 5.82 Å². The molecule has 1 rings (SSSR count). The zero-order chi connectivity index (χ0) is 8.27. The molecule has 5 heteroatoms. The Labute approximate surface area is 62.2 Å². The normalized spacial score (nSPS) is 9.18. The van der Waals surface area contributed by atoms with Crippen molar-refractivity contribution in [3.8, 4) is 0 Å². The molecular weight excluding hydrogens is 149 g/mol. The lowest BCUT2D eigenvalue weighted by Gasteiger charge is -1.99. The van der Waals surface area contributed by atoms with Crippen LogP contribution >= 0.6 is 0 Å². The Morgan fingerprint density at radius 1 is 1.73 bits per heavy atom. The van der Waals surface area contributed by atoms with Gasteiger partial charge in [-0.1, -0.05) is 0 Å². The lowest BCUT2D eigenvalue weighted by Crippen LogP contribution is -2.20. The molecule has 0 aliphatic rings. The maximum Gasteiger partial charge on any atom is 0.316 e. The molecule has 0 aromatic carbocycles. The average molecular weight is 155 g/mol. The van der Waals surface area contributed by atoms with E-state index in [0.29, 0.717) is 0 Å². The molecule has 0 saturated heterocycles. The van der Waals surface area contributed by atoms with Gasteiger partial charge in [-0.25, -0.2) is 9.18 Å². The minimum atomic E-state index is -0.808. The number of urea groups is 1. The monoisotopic (exact) mass is 155 g/mol. The molecule has 0 saturated carbocycles.